The van der Waals surface area contributed by atoms with Gasteiger partial charge in [-0.1, -0.05) is 0 Å². The lowest BCUT2D eigenvalue weighted by Crippen LogP contribution is -2.27. The van der Waals surface area contributed by atoms with Crippen molar-refractivity contribution in [3.63, 3.8) is 0 Å². The fraction of sp³-hybridized carbons (Fsp3) is 0.769. The van der Waals surface area contributed by atoms with Crippen LogP contribution in [0.2, 0.25) is 0 Å². The van der Waals surface area contributed by atoms with Crippen LogP contribution in [0.1, 0.15) is 25.8 Å². The normalized spacial score (nSPS) is 11.3. The first-order chi connectivity index (χ1) is 8.76. The number of aromatic nitrogens is 2. The highest BCUT2D eigenvalue weighted by Crippen LogP contribution is 1.99. The summed E-state index contributed by atoms with van der Waals surface area (Å²) in [6.45, 7) is 10.1. The van der Waals surface area contributed by atoms with Crippen molar-refractivity contribution in [2.75, 3.05) is 26.3 Å². The molecule has 1 aromatic rings. The summed E-state index contributed by atoms with van der Waals surface area (Å²) >= 11 is 0. The van der Waals surface area contributed by atoms with Crippen LogP contribution >= 0.6 is 0 Å². The third-order valence-electron chi connectivity index (χ3n) is 2.54. The van der Waals surface area contributed by atoms with E-state index < -0.39 is 0 Å². The van der Waals surface area contributed by atoms with Gasteiger partial charge in [0.25, 0.3) is 0 Å². The maximum Gasteiger partial charge on any atom is 0.158 e. The smallest absolute Gasteiger partial charge is 0.158 e. The van der Waals surface area contributed by atoms with E-state index in [9.17, 15) is 0 Å². The summed E-state index contributed by atoms with van der Waals surface area (Å²) in [5, 5.41) is 7.60. The van der Waals surface area contributed by atoms with E-state index in [-0.39, 0.29) is 6.29 Å². The highest BCUT2D eigenvalue weighted by molar-refractivity contribution is 4.99. The predicted octanol–water partition coefficient (Wildman–Crippen LogP) is 1.57. The molecule has 0 saturated carbocycles. The van der Waals surface area contributed by atoms with Crippen LogP contribution in [0.3, 0.4) is 0 Å². The summed E-state index contributed by atoms with van der Waals surface area (Å²) in [6, 6.07) is 0. The van der Waals surface area contributed by atoms with Gasteiger partial charge in [-0.15, -0.1) is 0 Å². The number of hydrogen-bond donors (Lipinski definition) is 1. The van der Waals surface area contributed by atoms with Gasteiger partial charge in [0, 0.05) is 38.9 Å². The van der Waals surface area contributed by atoms with Gasteiger partial charge in [-0.05, 0) is 26.3 Å². The predicted molar refractivity (Wildman–Crippen MR) is 71.5 cm³/mol. The lowest BCUT2D eigenvalue weighted by molar-refractivity contribution is -0.138. The Bertz CT molecular complexity index is 309. The first-order valence-corrected chi connectivity index (χ1v) is 6.69. The molecule has 1 heterocycles. The molecule has 0 saturated heterocycles. The zero-order valence-electron chi connectivity index (χ0n) is 11.7. The minimum Gasteiger partial charge on any atom is -0.353 e. The molecule has 0 bridgehead atoms. The molecule has 5 heteroatoms. The molecule has 0 fully saturated rings. The summed E-state index contributed by atoms with van der Waals surface area (Å²) in [4.78, 5) is 0. The lowest BCUT2D eigenvalue weighted by Gasteiger charge is -2.16. The molecule has 0 unspecified atom stereocenters. The second kappa shape index (κ2) is 9.08. The zero-order valence-corrected chi connectivity index (χ0v) is 11.7. The number of rotatable bonds is 10. The van der Waals surface area contributed by atoms with Gasteiger partial charge in [-0.3, -0.25) is 4.68 Å². The monoisotopic (exact) mass is 255 g/mol. The Morgan fingerprint density at radius 2 is 2.00 bits per heavy atom. The van der Waals surface area contributed by atoms with Gasteiger partial charge < -0.3 is 14.8 Å². The number of hydrogen-bond acceptors (Lipinski definition) is 4. The fourth-order valence-electron chi connectivity index (χ4n) is 1.71. The molecule has 0 aromatic carbocycles. The van der Waals surface area contributed by atoms with Crippen molar-refractivity contribution in [1.29, 1.82) is 0 Å². The molecule has 104 valence electrons. The first-order valence-electron chi connectivity index (χ1n) is 6.69. The molecule has 0 aliphatic rings. The fourth-order valence-corrected chi connectivity index (χ4v) is 1.71. The van der Waals surface area contributed by atoms with Crippen molar-refractivity contribution < 1.29 is 9.47 Å². The van der Waals surface area contributed by atoms with E-state index in [1.807, 2.05) is 37.8 Å². The summed E-state index contributed by atoms with van der Waals surface area (Å²) in [6.07, 6.45) is 4.71. The minimum absolute atomic E-state index is 0.0838. The Morgan fingerprint density at radius 1 is 1.28 bits per heavy atom. The van der Waals surface area contributed by atoms with Gasteiger partial charge in [-0.25, -0.2) is 0 Å². The molecule has 1 rings (SSSR count). The molecule has 0 spiro atoms. The Labute approximate surface area is 109 Å². The third-order valence-corrected chi connectivity index (χ3v) is 2.54. The Morgan fingerprint density at radius 3 is 2.56 bits per heavy atom. The topological polar surface area (TPSA) is 48.3 Å². The maximum absolute atomic E-state index is 5.47. The van der Waals surface area contributed by atoms with Crippen LogP contribution in [0.4, 0.5) is 0 Å². The Kier molecular flexibility index (Phi) is 7.64. The second-order valence-electron chi connectivity index (χ2n) is 4.16. The van der Waals surface area contributed by atoms with Gasteiger partial charge in [0.2, 0.25) is 0 Å². The van der Waals surface area contributed by atoms with Crippen LogP contribution in [-0.2, 0) is 16.0 Å². The molecule has 0 amide bonds. The van der Waals surface area contributed by atoms with Gasteiger partial charge in [-0.2, -0.15) is 5.10 Å². The van der Waals surface area contributed by atoms with Crippen LogP contribution in [0.25, 0.3) is 0 Å². The average Bonchev–Trinajstić information content (AvgIpc) is 2.75. The molecule has 0 aliphatic carbocycles. The zero-order chi connectivity index (χ0) is 13.2. The van der Waals surface area contributed by atoms with E-state index >= 15 is 0 Å². The minimum atomic E-state index is -0.0838. The Hall–Kier alpha value is -0.910. The van der Waals surface area contributed by atoms with Crippen molar-refractivity contribution in [3.05, 3.63) is 18.0 Å². The molecular weight excluding hydrogens is 230 g/mol. The molecule has 0 aliphatic heterocycles. The number of aryl methyl sites for hydroxylation is 1. The van der Waals surface area contributed by atoms with Crippen LogP contribution in [0.5, 0.6) is 0 Å². The van der Waals surface area contributed by atoms with Gasteiger partial charge in [0.15, 0.2) is 6.29 Å². The van der Waals surface area contributed by atoms with Gasteiger partial charge >= 0.3 is 0 Å². The van der Waals surface area contributed by atoms with E-state index in [1.54, 1.807) is 0 Å². The average molecular weight is 255 g/mol. The molecule has 1 N–H and O–H groups in total. The molecule has 18 heavy (non-hydrogen) atoms. The van der Waals surface area contributed by atoms with Gasteiger partial charge in [0.1, 0.15) is 0 Å². The Balaban J connectivity index is 2.06. The molecule has 5 nitrogen and oxygen atoms in total. The lowest BCUT2D eigenvalue weighted by atomic mass is 10.4. The number of ether oxygens (including phenoxy) is 2. The summed E-state index contributed by atoms with van der Waals surface area (Å²) in [5.41, 5.74) is 1.20. The van der Waals surface area contributed by atoms with E-state index in [0.29, 0.717) is 13.2 Å². The van der Waals surface area contributed by atoms with Crippen LogP contribution < -0.4 is 5.32 Å². The highest BCUT2D eigenvalue weighted by Gasteiger charge is 2.06. The highest BCUT2D eigenvalue weighted by atomic mass is 16.7. The van der Waals surface area contributed by atoms with Crippen molar-refractivity contribution in [3.8, 4) is 0 Å². The number of nitrogens with zero attached hydrogens (tertiary/aromatic N) is 2. The van der Waals surface area contributed by atoms with Crippen molar-refractivity contribution in [2.45, 2.75) is 40.0 Å². The van der Waals surface area contributed by atoms with Crippen molar-refractivity contribution in [2.24, 2.45) is 0 Å². The van der Waals surface area contributed by atoms with Crippen LogP contribution in [-0.4, -0.2) is 42.4 Å². The molecule has 0 atom stereocenters. The van der Waals surface area contributed by atoms with E-state index in [1.165, 1.54) is 5.56 Å². The van der Waals surface area contributed by atoms with Crippen molar-refractivity contribution in [1.82, 2.24) is 15.1 Å². The quantitative estimate of drug-likeness (QED) is 0.509. The van der Waals surface area contributed by atoms with E-state index in [2.05, 4.69) is 10.4 Å². The summed E-state index contributed by atoms with van der Waals surface area (Å²) < 4.78 is 12.9. The third kappa shape index (κ3) is 6.14. The van der Waals surface area contributed by atoms with Gasteiger partial charge in [0.05, 0.1) is 12.7 Å². The van der Waals surface area contributed by atoms with Crippen molar-refractivity contribution >= 4 is 0 Å². The van der Waals surface area contributed by atoms with E-state index in [4.69, 9.17) is 9.47 Å². The number of nitrogens with one attached hydrogen (secondary N) is 1. The molecule has 1 aromatic heterocycles. The van der Waals surface area contributed by atoms with Crippen LogP contribution in [0.15, 0.2) is 12.4 Å². The van der Waals surface area contributed by atoms with E-state index in [0.717, 1.165) is 26.1 Å². The van der Waals surface area contributed by atoms with Crippen LogP contribution in [0, 0.1) is 6.92 Å². The molecule has 0 radical (unpaired) electrons. The molecular formula is C13H25N3O2. The largest absolute Gasteiger partial charge is 0.353 e. The maximum atomic E-state index is 5.47. The first kappa shape index (κ1) is 15.1. The summed E-state index contributed by atoms with van der Waals surface area (Å²) in [5.74, 6) is 0. The second-order valence-corrected chi connectivity index (χ2v) is 4.16. The SMILES string of the molecule is CCOC(CCNCCn1cc(C)cn1)OCC. The summed E-state index contributed by atoms with van der Waals surface area (Å²) in [7, 11) is 0. The standard InChI is InChI=1S/C13H25N3O2/c1-4-17-13(18-5-2)6-7-14-8-9-16-11-12(3)10-15-16/h10-11,13-14H,4-9H2,1-3H3.